The van der Waals surface area contributed by atoms with Crippen LogP contribution in [0.5, 0.6) is 5.75 Å². The fraction of sp³-hybridized carbons (Fsp3) is 0.500. The van der Waals surface area contributed by atoms with Crippen LogP contribution in [0, 0.1) is 0 Å². The number of rotatable bonds is 4. The summed E-state index contributed by atoms with van der Waals surface area (Å²) >= 11 is 0. The summed E-state index contributed by atoms with van der Waals surface area (Å²) in [5.41, 5.74) is 0.956. The van der Waals surface area contributed by atoms with Crippen LogP contribution in [0.1, 0.15) is 36.7 Å². The van der Waals surface area contributed by atoms with Crippen molar-refractivity contribution in [3.05, 3.63) is 29.3 Å². The number of fused-ring (bicyclic) bond motifs is 1. The maximum atomic E-state index is 12.4. The van der Waals surface area contributed by atoms with E-state index >= 15 is 0 Å². The van der Waals surface area contributed by atoms with Gasteiger partial charge in [0.1, 0.15) is 11.4 Å². The number of ether oxygens (including phenoxy) is 2. The van der Waals surface area contributed by atoms with Crippen molar-refractivity contribution in [2.75, 3.05) is 13.2 Å². The average Bonchev–Trinajstić information content (AvgIpc) is 2.75. The van der Waals surface area contributed by atoms with Crippen molar-refractivity contribution >= 4 is 5.78 Å². The normalized spacial score (nSPS) is 14.3. The Balaban J connectivity index is 2.35. The summed E-state index contributed by atoms with van der Waals surface area (Å²) < 4.78 is 11.0. The van der Waals surface area contributed by atoms with Crippen molar-refractivity contribution in [3.63, 3.8) is 0 Å². The van der Waals surface area contributed by atoms with E-state index in [2.05, 4.69) is 0 Å². The highest BCUT2D eigenvalue weighted by Gasteiger charge is 2.32. The molecule has 2 rings (SSSR count). The Bertz CT molecular complexity index is 435. The van der Waals surface area contributed by atoms with Crippen molar-refractivity contribution in [1.29, 1.82) is 0 Å². The molecule has 1 aromatic carbocycles. The topological polar surface area (TPSA) is 35.5 Å². The molecular formula is C14H18O3. The lowest BCUT2D eigenvalue weighted by molar-refractivity contribution is 0.00106. The van der Waals surface area contributed by atoms with Gasteiger partial charge in [-0.25, -0.2) is 0 Å². The quantitative estimate of drug-likeness (QED) is 0.751. The number of carbonyl (C=O) groups excluding carboxylic acids is 1. The van der Waals surface area contributed by atoms with Crippen LogP contribution in [0.4, 0.5) is 0 Å². The number of hydrogen-bond donors (Lipinski definition) is 0. The lowest BCUT2D eigenvalue weighted by atomic mass is 9.94. The molecule has 0 radical (unpaired) electrons. The standard InChI is InChI=1S/C14H18O3/c1-4-17-14(2,3)13(15)11-7-5-6-10-8-9-16-12(10)11/h5-7H,4,8-9H2,1-3H3. The van der Waals surface area contributed by atoms with Crippen LogP contribution < -0.4 is 4.74 Å². The molecule has 0 atom stereocenters. The van der Waals surface area contributed by atoms with E-state index in [1.165, 1.54) is 0 Å². The molecule has 0 amide bonds. The van der Waals surface area contributed by atoms with Gasteiger partial charge in [0.2, 0.25) is 0 Å². The minimum absolute atomic E-state index is 0.0156. The van der Waals surface area contributed by atoms with Gasteiger partial charge in [-0.15, -0.1) is 0 Å². The minimum Gasteiger partial charge on any atom is -0.492 e. The molecule has 0 aromatic heterocycles. The first kappa shape index (κ1) is 12.1. The van der Waals surface area contributed by atoms with Crippen LogP contribution in [0.15, 0.2) is 18.2 Å². The van der Waals surface area contributed by atoms with Gasteiger partial charge in [0.25, 0.3) is 0 Å². The summed E-state index contributed by atoms with van der Waals surface area (Å²) in [6.45, 7) is 6.67. The Kier molecular flexibility index (Phi) is 3.20. The van der Waals surface area contributed by atoms with Crippen molar-refractivity contribution < 1.29 is 14.3 Å². The minimum atomic E-state index is -0.796. The Morgan fingerprint density at radius 2 is 2.24 bits per heavy atom. The first-order valence-electron chi connectivity index (χ1n) is 5.99. The average molecular weight is 234 g/mol. The molecule has 1 heterocycles. The third-order valence-corrected chi connectivity index (χ3v) is 3.01. The maximum Gasteiger partial charge on any atom is 0.197 e. The van der Waals surface area contributed by atoms with E-state index in [0.717, 1.165) is 17.7 Å². The molecule has 92 valence electrons. The zero-order valence-electron chi connectivity index (χ0n) is 10.6. The zero-order chi connectivity index (χ0) is 12.5. The van der Waals surface area contributed by atoms with Gasteiger partial charge in [-0.1, -0.05) is 12.1 Å². The molecule has 1 aliphatic rings. The molecule has 0 N–H and O–H groups in total. The first-order valence-corrected chi connectivity index (χ1v) is 5.99. The highest BCUT2D eigenvalue weighted by atomic mass is 16.5. The van der Waals surface area contributed by atoms with E-state index in [4.69, 9.17) is 9.47 Å². The smallest absolute Gasteiger partial charge is 0.197 e. The van der Waals surface area contributed by atoms with Gasteiger partial charge in [0.15, 0.2) is 5.78 Å². The fourth-order valence-corrected chi connectivity index (χ4v) is 2.14. The van der Waals surface area contributed by atoms with Crippen molar-refractivity contribution in [3.8, 4) is 5.75 Å². The van der Waals surface area contributed by atoms with Crippen molar-refractivity contribution in [1.82, 2.24) is 0 Å². The second-order valence-electron chi connectivity index (χ2n) is 4.66. The maximum absolute atomic E-state index is 12.4. The summed E-state index contributed by atoms with van der Waals surface area (Å²) in [5, 5.41) is 0. The number of ketones is 1. The van der Waals surface area contributed by atoms with E-state index in [0.29, 0.717) is 18.8 Å². The highest BCUT2D eigenvalue weighted by molar-refractivity contribution is 6.04. The summed E-state index contributed by atoms with van der Waals surface area (Å²) in [6, 6.07) is 5.73. The van der Waals surface area contributed by atoms with Crippen LogP contribution in [-0.2, 0) is 11.2 Å². The van der Waals surface area contributed by atoms with Gasteiger partial charge in [-0.2, -0.15) is 0 Å². The molecule has 0 unspecified atom stereocenters. The Morgan fingerprint density at radius 1 is 1.47 bits per heavy atom. The lowest BCUT2D eigenvalue weighted by Crippen LogP contribution is -2.35. The second kappa shape index (κ2) is 4.49. The highest BCUT2D eigenvalue weighted by Crippen LogP contribution is 2.32. The van der Waals surface area contributed by atoms with Gasteiger partial charge in [0.05, 0.1) is 12.2 Å². The number of Topliss-reactive ketones (excluding diaryl/α,β-unsaturated/α-hetero) is 1. The van der Waals surface area contributed by atoms with Crippen LogP contribution in [0.25, 0.3) is 0 Å². The zero-order valence-corrected chi connectivity index (χ0v) is 10.6. The van der Waals surface area contributed by atoms with Gasteiger partial charge in [-0.05, 0) is 32.4 Å². The van der Waals surface area contributed by atoms with Crippen LogP contribution in [0.2, 0.25) is 0 Å². The molecule has 0 fully saturated rings. The van der Waals surface area contributed by atoms with Gasteiger partial charge in [0, 0.05) is 13.0 Å². The number of benzene rings is 1. The molecule has 17 heavy (non-hydrogen) atoms. The summed E-state index contributed by atoms with van der Waals surface area (Å²) in [6.07, 6.45) is 0.880. The van der Waals surface area contributed by atoms with Crippen LogP contribution in [-0.4, -0.2) is 24.6 Å². The van der Waals surface area contributed by atoms with E-state index in [1.54, 1.807) is 13.8 Å². The van der Waals surface area contributed by atoms with E-state index in [-0.39, 0.29) is 5.78 Å². The van der Waals surface area contributed by atoms with Gasteiger partial charge in [-0.3, -0.25) is 4.79 Å². The molecule has 3 nitrogen and oxygen atoms in total. The summed E-state index contributed by atoms with van der Waals surface area (Å²) in [4.78, 5) is 12.4. The van der Waals surface area contributed by atoms with E-state index in [9.17, 15) is 4.79 Å². The fourth-order valence-electron chi connectivity index (χ4n) is 2.14. The SMILES string of the molecule is CCOC(C)(C)C(=O)c1cccc2c1OCC2. The lowest BCUT2D eigenvalue weighted by Gasteiger charge is -2.23. The Labute approximate surface area is 102 Å². The van der Waals surface area contributed by atoms with Gasteiger partial charge >= 0.3 is 0 Å². The molecule has 3 heteroatoms. The molecule has 1 aliphatic heterocycles. The number of carbonyl (C=O) groups is 1. The molecular weight excluding hydrogens is 216 g/mol. The second-order valence-corrected chi connectivity index (χ2v) is 4.66. The van der Waals surface area contributed by atoms with Crippen molar-refractivity contribution in [2.24, 2.45) is 0 Å². The molecule has 0 saturated carbocycles. The Morgan fingerprint density at radius 3 is 2.94 bits per heavy atom. The largest absolute Gasteiger partial charge is 0.492 e. The third-order valence-electron chi connectivity index (χ3n) is 3.01. The predicted octanol–water partition coefficient (Wildman–Crippen LogP) is 2.62. The van der Waals surface area contributed by atoms with E-state index < -0.39 is 5.60 Å². The first-order chi connectivity index (χ1) is 8.06. The monoisotopic (exact) mass is 234 g/mol. The molecule has 0 bridgehead atoms. The van der Waals surface area contributed by atoms with E-state index in [1.807, 2.05) is 25.1 Å². The molecule has 1 aromatic rings. The molecule has 0 aliphatic carbocycles. The van der Waals surface area contributed by atoms with Crippen molar-refractivity contribution in [2.45, 2.75) is 32.8 Å². The summed E-state index contributed by atoms with van der Waals surface area (Å²) in [5.74, 6) is 0.725. The molecule has 0 saturated heterocycles. The Hall–Kier alpha value is -1.35. The predicted molar refractivity (Wildman–Crippen MR) is 65.7 cm³/mol. The molecule has 0 spiro atoms. The van der Waals surface area contributed by atoms with Crippen LogP contribution in [0.3, 0.4) is 0 Å². The third kappa shape index (κ3) is 2.20. The summed E-state index contributed by atoms with van der Waals surface area (Å²) in [7, 11) is 0. The number of hydrogen-bond acceptors (Lipinski definition) is 3. The van der Waals surface area contributed by atoms with Gasteiger partial charge < -0.3 is 9.47 Å². The number of para-hydroxylation sites is 1. The van der Waals surface area contributed by atoms with Crippen LogP contribution >= 0.6 is 0 Å².